The SMILES string of the molecule is BrCC1CC12CCCc1ccccc12. The second-order valence-corrected chi connectivity index (χ2v) is 5.37. The summed E-state index contributed by atoms with van der Waals surface area (Å²) in [6, 6.07) is 9.07. The van der Waals surface area contributed by atoms with Crippen molar-refractivity contribution < 1.29 is 0 Å². The van der Waals surface area contributed by atoms with Crippen LogP contribution in [0.1, 0.15) is 30.4 Å². The lowest BCUT2D eigenvalue weighted by atomic mass is 9.79. The van der Waals surface area contributed by atoms with Crippen LogP contribution in [-0.4, -0.2) is 5.33 Å². The molecular formula is C13H15Br. The van der Waals surface area contributed by atoms with E-state index in [2.05, 4.69) is 40.2 Å². The Bertz CT molecular complexity index is 358. The van der Waals surface area contributed by atoms with E-state index in [1.54, 1.807) is 11.1 Å². The Morgan fingerprint density at radius 3 is 3.00 bits per heavy atom. The molecule has 1 heteroatoms. The Morgan fingerprint density at radius 1 is 1.36 bits per heavy atom. The van der Waals surface area contributed by atoms with Crippen LogP contribution in [0.25, 0.3) is 0 Å². The molecule has 0 aliphatic heterocycles. The molecule has 1 saturated carbocycles. The van der Waals surface area contributed by atoms with Gasteiger partial charge in [-0.2, -0.15) is 0 Å². The molecule has 3 rings (SSSR count). The molecule has 0 saturated heterocycles. The van der Waals surface area contributed by atoms with Crippen LogP contribution in [0.2, 0.25) is 0 Å². The maximum absolute atomic E-state index is 3.64. The molecule has 0 aromatic heterocycles. The first-order valence-electron chi connectivity index (χ1n) is 5.51. The predicted molar refractivity (Wildman–Crippen MR) is 63.0 cm³/mol. The quantitative estimate of drug-likeness (QED) is 0.668. The van der Waals surface area contributed by atoms with Gasteiger partial charge in [-0.25, -0.2) is 0 Å². The number of benzene rings is 1. The Kier molecular flexibility index (Phi) is 1.98. The third kappa shape index (κ3) is 1.11. The van der Waals surface area contributed by atoms with Crippen LogP contribution in [0.3, 0.4) is 0 Å². The van der Waals surface area contributed by atoms with Gasteiger partial charge in [0.2, 0.25) is 0 Å². The van der Waals surface area contributed by atoms with Gasteiger partial charge in [-0.15, -0.1) is 0 Å². The number of hydrogen-bond donors (Lipinski definition) is 0. The fourth-order valence-electron chi connectivity index (χ4n) is 3.17. The van der Waals surface area contributed by atoms with Gasteiger partial charge in [0.05, 0.1) is 0 Å². The van der Waals surface area contributed by atoms with Gasteiger partial charge in [-0.3, -0.25) is 0 Å². The third-order valence-electron chi connectivity index (χ3n) is 4.04. The topological polar surface area (TPSA) is 0 Å². The number of rotatable bonds is 1. The molecule has 0 radical (unpaired) electrons. The summed E-state index contributed by atoms with van der Waals surface area (Å²) in [4.78, 5) is 0. The Labute approximate surface area is 93.8 Å². The molecule has 2 aliphatic carbocycles. The van der Waals surface area contributed by atoms with Gasteiger partial charge in [0, 0.05) is 5.33 Å². The van der Waals surface area contributed by atoms with E-state index in [4.69, 9.17) is 0 Å². The van der Waals surface area contributed by atoms with Crippen molar-refractivity contribution in [3.8, 4) is 0 Å². The van der Waals surface area contributed by atoms with Gasteiger partial charge in [-0.05, 0) is 48.1 Å². The maximum atomic E-state index is 3.64. The lowest BCUT2D eigenvalue weighted by molar-refractivity contribution is 0.511. The number of alkyl halides is 1. The molecule has 2 unspecified atom stereocenters. The van der Waals surface area contributed by atoms with E-state index in [9.17, 15) is 0 Å². The lowest BCUT2D eigenvalue weighted by Gasteiger charge is -2.26. The minimum absolute atomic E-state index is 0.582. The van der Waals surface area contributed by atoms with Crippen LogP contribution in [-0.2, 0) is 11.8 Å². The number of fused-ring (bicyclic) bond motifs is 2. The van der Waals surface area contributed by atoms with Gasteiger partial charge in [0.1, 0.15) is 0 Å². The zero-order chi connectivity index (χ0) is 9.60. The molecule has 0 heterocycles. The minimum Gasteiger partial charge on any atom is -0.0925 e. The van der Waals surface area contributed by atoms with Crippen molar-refractivity contribution in [2.45, 2.75) is 31.1 Å². The third-order valence-corrected chi connectivity index (χ3v) is 4.82. The van der Waals surface area contributed by atoms with E-state index in [0.717, 1.165) is 5.92 Å². The molecule has 2 aliphatic rings. The summed E-state index contributed by atoms with van der Waals surface area (Å²) in [5.74, 6) is 0.906. The van der Waals surface area contributed by atoms with Crippen molar-refractivity contribution in [1.29, 1.82) is 0 Å². The molecule has 0 nitrogen and oxygen atoms in total. The van der Waals surface area contributed by atoms with E-state index in [-0.39, 0.29) is 0 Å². The molecule has 1 aromatic rings. The van der Waals surface area contributed by atoms with Crippen molar-refractivity contribution in [3.05, 3.63) is 35.4 Å². The summed E-state index contributed by atoms with van der Waals surface area (Å²) in [6.07, 6.45) is 5.52. The Balaban J connectivity index is 2.05. The van der Waals surface area contributed by atoms with E-state index in [1.807, 2.05) is 0 Å². The average molecular weight is 251 g/mol. The first kappa shape index (κ1) is 8.96. The molecular weight excluding hydrogens is 236 g/mol. The smallest absolute Gasteiger partial charge is 0.00685 e. The summed E-state index contributed by atoms with van der Waals surface area (Å²) >= 11 is 3.64. The van der Waals surface area contributed by atoms with E-state index >= 15 is 0 Å². The first-order chi connectivity index (χ1) is 6.87. The zero-order valence-electron chi connectivity index (χ0n) is 8.30. The van der Waals surface area contributed by atoms with Gasteiger partial charge in [0.25, 0.3) is 0 Å². The number of hydrogen-bond acceptors (Lipinski definition) is 0. The lowest BCUT2D eigenvalue weighted by Crippen LogP contribution is -2.18. The maximum Gasteiger partial charge on any atom is 0.00685 e. The van der Waals surface area contributed by atoms with Crippen LogP contribution in [0, 0.1) is 5.92 Å². The highest BCUT2D eigenvalue weighted by Crippen LogP contribution is 2.60. The monoisotopic (exact) mass is 250 g/mol. The Morgan fingerprint density at radius 2 is 2.21 bits per heavy atom. The second-order valence-electron chi connectivity index (χ2n) is 4.72. The highest BCUT2D eigenvalue weighted by atomic mass is 79.9. The van der Waals surface area contributed by atoms with Crippen LogP contribution in [0.4, 0.5) is 0 Å². The predicted octanol–water partition coefficient (Wildman–Crippen LogP) is 3.68. The molecule has 2 atom stereocenters. The van der Waals surface area contributed by atoms with Crippen molar-refractivity contribution in [2.24, 2.45) is 5.92 Å². The van der Waals surface area contributed by atoms with Crippen LogP contribution in [0.15, 0.2) is 24.3 Å². The van der Waals surface area contributed by atoms with Gasteiger partial charge in [-0.1, -0.05) is 40.2 Å². The number of aryl methyl sites for hydroxylation is 1. The Hall–Kier alpha value is -0.300. The van der Waals surface area contributed by atoms with E-state index < -0.39 is 0 Å². The summed E-state index contributed by atoms with van der Waals surface area (Å²) in [7, 11) is 0. The molecule has 0 bridgehead atoms. The van der Waals surface area contributed by atoms with Crippen molar-refractivity contribution in [1.82, 2.24) is 0 Å². The van der Waals surface area contributed by atoms with Gasteiger partial charge in [0.15, 0.2) is 0 Å². The van der Waals surface area contributed by atoms with Crippen molar-refractivity contribution in [2.75, 3.05) is 5.33 Å². The van der Waals surface area contributed by atoms with E-state index in [0.29, 0.717) is 5.41 Å². The molecule has 1 aromatic carbocycles. The molecule has 14 heavy (non-hydrogen) atoms. The minimum atomic E-state index is 0.582. The van der Waals surface area contributed by atoms with Crippen LogP contribution in [0.5, 0.6) is 0 Å². The van der Waals surface area contributed by atoms with E-state index in [1.165, 1.54) is 31.0 Å². The fraction of sp³-hybridized carbons (Fsp3) is 0.538. The highest BCUT2D eigenvalue weighted by Gasteiger charge is 2.55. The molecule has 0 N–H and O–H groups in total. The van der Waals surface area contributed by atoms with Crippen LogP contribution >= 0.6 is 15.9 Å². The summed E-state index contributed by atoms with van der Waals surface area (Å²) in [5, 5.41) is 1.18. The van der Waals surface area contributed by atoms with Gasteiger partial charge < -0.3 is 0 Å². The summed E-state index contributed by atoms with van der Waals surface area (Å²) < 4.78 is 0. The summed E-state index contributed by atoms with van der Waals surface area (Å²) in [5.41, 5.74) is 3.86. The summed E-state index contributed by atoms with van der Waals surface area (Å²) in [6.45, 7) is 0. The standard InChI is InChI=1S/C13H15Br/c14-9-11-8-13(11)7-3-5-10-4-1-2-6-12(10)13/h1-2,4,6,11H,3,5,7-9H2. The largest absolute Gasteiger partial charge is 0.0925 e. The van der Waals surface area contributed by atoms with Crippen molar-refractivity contribution >= 4 is 15.9 Å². The number of halogens is 1. The molecule has 1 spiro atoms. The van der Waals surface area contributed by atoms with Crippen molar-refractivity contribution in [3.63, 3.8) is 0 Å². The molecule has 1 fully saturated rings. The molecule has 74 valence electrons. The normalized spacial score (nSPS) is 34.2. The van der Waals surface area contributed by atoms with Crippen LogP contribution < -0.4 is 0 Å². The second kappa shape index (κ2) is 3.10. The van der Waals surface area contributed by atoms with Gasteiger partial charge >= 0.3 is 0 Å². The fourth-order valence-corrected chi connectivity index (χ4v) is 4.02. The zero-order valence-corrected chi connectivity index (χ0v) is 9.89. The highest BCUT2D eigenvalue weighted by molar-refractivity contribution is 9.09. The first-order valence-corrected chi connectivity index (χ1v) is 6.63. The average Bonchev–Trinajstić information content (AvgIpc) is 2.94. The molecule has 0 amide bonds.